The summed E-state index contributed by atoms with van der Waals surface area (Å²) < 4.78 is 0. The average Bonchev–Trinajstić information content (AvgIpc) is 3.97. The Morgan fingerprint density at radius 1 is 0.810 bits per heavy atom. The van der Waals surface area contributed by atoms with Crippen LogP contribution in [-0.2, 0) is 9.59 Å². The Kier molecular flexibility index (Phi) is 9.15. The molecule has 1 spiro atoms. The molecule has 7 aliphatic heterocycles. The number of aliphatic hydroxyl groups excluding tert-OH is 1. The van der Waals surface area contributed by atoms with Gasteiger partial charge >= 0.3 is 0 Å². The first kappa shape index (κ1) is 37.1. The van der Waals surface area contributed by atoms with Crippen molar-refractivity contribution in [2.75, 3.05) is 80.1 Å². The Balaban J connectivity index is 0.688. The van der Waals surface area contributed by atoms with Gasteiger partial charge in [0.15, 0.2) is 6.23 Å². The van der Waals surface area contributed by atoms with Crippen molar-refractivity contribution in [2.24, 2.45) is 17.3 Å². The molecule has 0 aliphatic carbocycles. The maximum Gasteiger partial charge on any atom is 0.257 e. The SMILES string of the molecule is N#Cc1ccc(N2CCC3(CCN(C(=O)c4ccc(N5CC6CN(C7CN(c8ccc9c(c8)C(O)N(C8CCC(=O)NC8=O)C9=O)C7)CC6C5)cc4)CC3)C2)cc1Cl. The first-order valence-corrected chi connectivity index (χ1v) is 21.0. The summed E-state index contributed by atoms with van der Waals surface area (Å²) in [7, 11) is 0. The molecular weight excluding hydrogens is 756 g/mol. The van der Waals surface area contributed by atoms with Gasteiger partial charge in [-0.1, -0.05) is 11.6 Å². The van der Waals surface area contributed by atoms with Crippen LogP contribution < -0.4 is 20.0 Å². The van der Waals surface area contributed by atoms with Crippen LogP contribution >= 0.6 is 11.6 Å². The van der Waals surface area contributed by atoms with Crippen molar-refractivity contribution >= 4 is 52.3 Å². The van der Waals surface area contributed by atoms with Gasteiger partial charge in [-0.15, -0.1) is 0 Å². The van der Waals surface area contributed by atoms with E-state index in [9.17, 15) is 29.5 Å². The molecule has 10 rings (SSSR count). The minimum Gasteiger partial charge on any atom is -0.371 e. The summed E-state index contributed by atoms with van der Waals surface area (Å²) >= 11 is 6.32. The number of likely N-dealkylation sites (tertiary alicyclic amines) is 2. The number of benzene rings is 3. The third kappa shape index (κ3) is 6.37. The fourth-order valence-corrected chi connectivity index (χ4v) is 11.0. The number of fused-ring (bicyclic) bond motifs is 2. The molecular formula is C44H47ClN8O5. The Morgan fingerprint density at radius 2 is 1.47 bits per heavy atom. The van der Waals surface area contributed by atoms with Gasteiger partial charge in [0.05, 0.1) is 10.6 Å². The van der Waals surface area contributed by atoms with Crippen molar-refractivity contribution in [2.45, 2.75) is 50.4 Å². The first-order chi connectivity index (χ1) is 28.1. The molecule has 7 aliphatic rings. The van der Waals surface area contributed by atoms with Crippen molar-refractivity contribution in [1.82, 2.24) is 20.0 Å². The number of carbonyl (C=O) groups is 4. The van der Waals surface area contributed by atoms with Gasteiger partial charge in [-0.25, -0.2) is 0 Å². The molecule has 4 atom stereocenters. The lowest BCUT2D eigenvalue weighted by molar-refractivity contribution is -0.139. The summed E-state index contributed by atoms with van der Waals surface area (Å²) in [6.45, 7) is 9.31. The monoisotopic (exact) mass is 802 g/mol. The summed E-state index contributed by atoms with van der Waals surface area (Å²) in [6.07, 6.45) is 2.17. The summed E-state index contributed by atoms with van der Waals surface area (Å²) in [4.78, 5) is 63.9. The third-order valence-electron chi connectivity index (χ3n) is 14.3. The smallest absolute Gasteiger partial charge is 0.257 e. The highest BCUT2D eigenvalue weighted by Crippen LogP contribution is 2.44. The summed E-state index contributed by atoms with van der Waals surface area (Å²) in [6, 6.07) is 21.2. The molecule has 300 valence electrons. The molecule has 13 nitrogen and oxygen atoms in total. The molecule has 58 heavy (non-hydrogen) atoms. The molecule has 0 aromatic heterocycles. The van der Waals surface area contributed by atoms with Gasteiger partial charge in [0, 0.05) is 112 Å². The molecule has 6 fully saturated rings. The standard InChI is InChI=1S/C44H47ClN8O5/c45-37-18-33(6-3-28(37)19-46)49-16-13-44(26-49)11-14-48(15-12-44)41(56)27-1-4-31(5-2-27)50-20-29-22-51(23-30(29)21-50)34-24-52(25-34)32-7-8-35-36(17-32)43(58)53(42(35)57)38-9-10-39(54)47-40(38)55/h1-8,17-18,29-30,34,38,43,58H,9-16,20-26H2,(H,47,54,55). The number of halogens is 1. The first-order valence-electron chi connectivity index (χ1n) is 20.6. The number of anilines is 3. The van der Waals surface area contributed by atoms with E-state index in [0.717, 1.165) is 102 Å². The van der Waals surface area contributed by atoms with Crippen LogP contribution in [0.15, 0.2) is 60.7 Å². The van der Waals surface area contributed by atoms with E-state index in [-0.39, 0.29) is 36.0 Å². The average molecular weight is 803 g/mol. The van der Waals surface area contributed by atoms with Crippen LogP contribution in [0.1, 0.15) is 70.2 Å². The van der Waals surface area contributed by atoms with Crippen molar-refractivity contribution in [3.63, 3.8) is 0 Å². The number of hydrogen-bond donors (Lipinski definition) is 2. The number of carbonyl (C=O) groups excluding carboxylic acids is 4. The molecule has 4 unspecified atom stereocenters. The second kappa shape index (κ2) is 14.3. The van der Waals surface area contributed by atoms with E-state index >= 15 is 0 Å². The lowest BCUT2D eigenvalue weighted by Gasteiger charge is -2.46. The van der Waals surface area contributed by atoms with Gasteiger partial charge in [0.2, 0.25) is 11.8 Å². The van der Waals surface area contributed by atoms with E-state index in [0.29, 0.717) is 39.6 Å². The van der Waals surface area contributed by atoms with Gasteiger partial charge in [0.1, 0.15) is 12.1 Å². The van der Waals surface area contributed by atoms with E-state index < -0.39 is 18.2 Å². The minimum absolute atomic E-state index is 0.109. The number of hydrogen-bond acceptors (Lipinski definition) is 10. The van der Waals surface area contributed by atoms with Gasteiger partial charge in [-0.05, 0) is 104 Å². The highest BCUT2D eigenvalue weighted by Gasteiger charge is 2.47. The largest absolute Gasteiger partial charge is 0.371 e. The lowest BCUT2D eigenvalue weighted by Crippen LogP contribution is -2.59. The number of rotatable bonds is 6. The van der Waals surface area contributed by atoms with E-state index in [4.69, 9.17) is 11.6 Å². The molecule has 6 saturated heterocycles. The van der Waals surface area contributed by atoms with Crippen LogP contribution in [0.2, 0.25) is 5.02 Å². The fraction of sp³-hybridized carbons (Fsp3) is 0.477. The molecule has 14 heteroatoms. The molecule has 3 aromatic carbocycles. The van der Waals surface area contributed by atoms with Gasteiger partial charge in [0.25, 0.3) is 11.8 Å². The summed E-state index contributed by atoms with van der Waals surface area (Å²) in [5, 5.41) is 23.1. The maximum absolute atomic E-state index is 13.6. The molecule has 0 bridgehead atoms. The Bertz CT molecular complexity index is 2220. The zero-order valence-corrected chi connectivity index (χ0v) is 33.1. The van der Waals surface area contributed by atoms with Crippen molar-refractivity contribution in [1.29, 1.82) is 5.26 Å². The third-order valence-corrected chi connectivity index (χ3v) is 14.6. The number of nitrogens with zero attached hydrogens (tertiary/aromatic N) is 7. The summed E-state index contributed by atoms with van der Waals surface area (Å²) in [5.41, 5.74) is 5.53. The van der Waals surface area contributed by atoms with Gasteiger partial charge in [-0.2, -0.15) is 5.26 Å². The van der Waals surface area contributed by atoms with Crippen molar-refractivity contribution < 1.29 is 24.3 Å². The van der Waals surface area contributed by atoms with Crippen LogP contribution in [0.3, 0.4) is 0 Å². The van der Waals surface area contributed by atoms with Crippen LogP contribution in [0, 0.1) is 28.6 Å². The quantitative estimate of drug-likeness (QED) is 0.353. The highest BCUT2D eigenvalue weighted by atomic mass is 35.5. The van der Waals surface area contributed by atoms with E-state index in [1.54, 1.807) is 12.1 Å². The zero-order chi connectivity index (χ0) is 39.9. The fourth-order valence-electron chi connectivity index (χ4n) is 10.8. The normalized spacial score (nSPS) is 26.9. The van der Waals surface area contributed by atoms with Crippen LogP contribution in [0.4, 0.5) is 17.1 Å². The molecule has 4 amide bonds. The van der Waals surface area contributed by atoms with Crippen LogP contribution in [0.25, 0.3) is 0 Å². The summed E-state index contributed by atoms with van der Waals surface area (Å²) in [5.74, 6) is 0.00942. The molecule has 2 N–H and O–H groups in total. The van der Waals surface area contributed by atoms with E-state index in [1.165, 1.54) is 10.6 Å². The number of piperidine rings is 2. The number of nitrogens with one attached hydrogen (secondary N) is 1. The van der Waals surface area contributed by atoms with E-state index in [2.05, 4.69) is 43.1 Å². The predicted octanol–water partition coefficient (Wildman–Crippen LogP) is 3.85. The van der Waals surface area contributed by atoms with E-state index in [1.807, 2.05) is 41.3 Å². The molecule has 7 heterocycles. The number of amides is 4. The number of aliphatic hydroxyl groups is 1. The second-order valence-electron chi connectivity index (χ2n) is 17.5. The molecule has 0 saturated carbocycles. The Labute approximate surface area is 342 Å². The maximum atomic E-state index is 13.6. The lowest BCUT2D eigenvalue weighted by atomic mass is 9.77. The van der Waals surface area contributed by atoms with Crippen molar-refractivity contribution in [3.8, 4) is 6.07 Å². The van der Waals surface area contributed by atoms with Crippen molar-refractivity contribution in [3.05, 3.63) is 87.9 Å². The predicted molar refractivity (Wildman–Crippen MR) is 218 cm³/mol. The molecule has 0 radical (unpaired) electrons. The molecule has 3 aromatic rings. The topological polar surface area (TPSA) is 144 Å². The van der Waals surface area contributed by atoms with Gasteiger partial charge < -0.3 is 24.7 Å². The number of imide groups is 1. The van der Waals surface area contributed by atoms with Crippen LogP contribution in [0.5, 0.6) is 0 Å². The van der Waals surface area contributed by atoms with Gasteiger partial charge in [-0.3, -0.25) is 34.3 Å². The van der Waals surface area contributed by atoms with Crippen LogP contribution in [-0.4, -0.2) is 121 Å². The highest BCUT2D eigenvalue weighted by molar-refractivity contribution is 6.32. The Hall–Kier alpha value is -5.16. The Morgan fingerprint density at radius 3 is 2.16 bits per heavy atom. The second-order valence-corrected chi connectivity index (χ2v) is 18.0. The minimum atomic E-state index is -1.22. The number of nitriles is 1. The zero-order valence-electron chi connectivity index (χ0n) is 32.4.